The maximum Gasteiger partial charge on any atom is 0.234 e. The molecule has 0 aliphatic rings. The quantitative estimate of drug-likeness (QED) is 0.594. The van der Waals surface area contributed by atoms with Crippen molar-refractivity contribution < 1.29 is 0 Å². The van der Waals surface area contributed by atoms with Crippen molar-refractivity contribution in [2.75, 3.05) is 0 Å². The number of aromatic nitrogens is 2. The van der Waals surface area contributed by atoms with E-state index in [0.29, 0.717) is 0 Å². The van der Waals surface area contributed by atoms with Crippen LogP contribution in [0.1, 0.15) is 5.69 Å². The second kappa shape index (κ2) is 3.03. The molecule has 0 fully saturated rings. The second-order valence-electron chi connectivity index (χ2n) is 1.57. The average molecular weight is 169 g/mol. The van der Waals surface area contributed by atoms with Crippen molar-refractivity contribution in [1.82, 2.24) is 9.97 Å². The molecule has 1 heterocycles. The lowest BCUT2D eigenvalue weighted by Gasteiger charge is -1.90. The Bertz CT molecular complexity index is 332. The highest BCUT2D eigenvalue weighted by Crippen LogP contribution is 2.14. The highest BCUT2D eigenvalue weighted by atomic mass is 35.5. The lowest BCUT2D eigenvalue weighted by atomic mass is 10.4. The third-order valence-corrected chi connectivity index (χ3v) is 1.10. The van der Waals surface area contributed by atoms with Gasteiger partial charge in [-0.2, -0.15) is 5.26 Å². The number of rotatable bonds is 1. The van der Waals surface area contributed by atoms with Gasteiger partial charge in [0.05, 0.1) is 6.20 Å². The standard InChI is InChI=1S/C5HClN4O/c6-4-2-8-3(1-7)5(9-4)10-11/h2H. The van der Waals surface area contributed by atoms with E-state index in [4.69, 9.17) is 16.9 Å². The van der Waals surface area contributed by atoms with Crippen molar-refractivity contribution in [3.63, 3.8) is 0 Å². The zero-order valence-corrected chi connectivity index (χ0v) is 5.91. The minimum absolute atomic E-state index is 0.0404. The van der Waals surface area contributed by atoms with Gasteiger partial charge in [0.25, 0.3) is 0 Å². The van der Waals surface area contributed by atoms with Crippen molar-refractivity contribution in [3.8, 4) is 6.07 Å². The monoisotopic (exact) mass is 168 g/mol. The Balaban J connectivity index is 3.30. The fourth-order valence-electron chi connectivity index (χ4n) is 0.501. The number of nitriles is 1. The average Bonchev–Trinajstić information content (AvgIpc) is 2.04. The molecule has 0 aromatic carbocycles. The van der Waals surface area contributed by atoms with Gasteiger partial charge in [0.2, 0.25) is 5.82 Å². The van der Waals surface area contributed by atoms with Crippen molar-refractivity contribution in [2.45, 2.75) is 0 Å². The summed E-state index contributed by atoms with van der Waals surface area (Å²) in [6.07, 6.45) is 1.18. The van der Waals surface area contributed by atoms with E-state index in [0.717, 1.165) is 0 Å². The molecular formula is C5HClN4O. The summed E-state index contributed by atoms with van der Waals surface area (Å²) in [5.74, 6) is -0.278. The molecule has 0 bridgehead atoms. The summed E-state index contributed by atoms with van der Waals surface area (Å²) in [4.78, 5) is 17.0. The molecule has 5 nitrogen and oxygen atoms in total. The van der Waals surface area contributed by atoms with Crippen LogP contribution in [-0.2, 0) is 0 Å². The molecule has 6 heteroatoms. The smallest absolute Gasteiger partial charge is 0.234 e. The molecule has 0 amide bonds. The van der Waals surface area contributed by atoms with Gasteiger partial charge < -0.3 is 0 Å². The Kier molecular flexibility index (Phi) is 2.09. The maximum atomic E-state index is 9.98. The van der Waals surface area contributed by atoms with Crippen LogP contribution in [0.3, 0.4) is 0 Å². The second-order valence-corrected chi connectivity index (χ2v) is 1.96. The fraction of sp³-hybridized carbons (Fsp3) is 0. The summed E-state index contributed by atoms with van der Waals surface area (Å²) in [6.45, 7) is 0. The van der Waals surface area contributed by atoms with Gasteiger partial charge in [0, 0.05) is 0 Å². The van der Waals surface area contributed by atoms with Crippen LogP contribution in [0.4, 0.5) is 5.82 Å². The fourth-order valence-corrected chi connectivity index (χ4v) is 0.630. The van der Waals surface area contributed by atoms with Crippen LogP contribution in [0.2, 0.25) is 5.15 Å². The third kappa shape index (κ3) is 1.48. The van der Waals surface area contributed by atoms with Crippen LogP contribution >= 0.6 is 11.6 Å². The van der Waals surface area contributed by atoms with Crippen molar-refractivity contribution in [3.05, 3.63) is 22.0 Å². The molecule has 0 saturated carbocycles. The van der Waals surface area contributed by atoms with E-state index in [1.807, 2.05) is 0 Å². The van der Waals surface area contributed by atoms with E-state index in [1.54, 1.807) is 6.07 Å². The lowest BCUT2D eigenvalue weighted by molar-refractivity contribution is 1.14. The van der Waals surface area contributed by atoms with E-state index >= 15 is 0 Å². The zero-order chi connectivity index (χ0) is 8.27. The molecular weight excluding hydrogens is 168 g/mol. The van der Waals surface area contributed by atoms with Gasteiger partial charge in [-0.1, -0.05) is 11.6 Å². The molecule has 0 unspecified atom stereocenters. The first-order valence-corrected chi connectivity index (χ1v) is 2.91. The van der Waals surface area contributed by atoms with Gasteiger partial charge in [-0.3, -0.25) is 0 Å². The Morgan fingerprint density at radius 1 is 1.73 bits per heavy atom. The molecule has 0 aliphatic carbocycles. The number of nitrogens with zero attached hydrogens (tertiary/aromatic N) is 4. The SMILES string of the molecule is N#Cc1ncc(Cl)nc1N=O. The van der Waals surface area contributed by atoms with Crippen molar-refractivity contribution in [2.24, 2.45) is 5.18 Å². The van der Waals surface area contributed by atoms with Gasteiger partial charge in [0.15, 0.2) is 5.69 Å². The molecule has 0 aliphatic heterocycles. The predicted octanol–water partition coefficient (Wildman–Crippen LogP) is 1.40. The summed E-state index contributed by atoms with van der Waals surface area (Å²) in [5.41, 5.74) is -0.121. The minimum atomic E-state index is -0.278. The lowest BCUT2D eigenvalue weighted by Crippen LogP contribution is -1.86. The van der Waals surface area contributed by atoms with Gasteiger partial charge in [0.1, 0.15) is 11.2 Å². The van der Waals surface area contributed by atoms with Crippen LogP contribution in [0.5, 0.6) is 0 Å². The molecule has 1 rings (SSSR count). The first kappa shape index (κ1) is 7.57. The van der Waals surface area contributed by atoms with Crippen LogP contribution in [0.15, 0.2) is 11.4 Å². The maximum absolute atomic E-state index is 9.98. The van der Waals surface area contributed by atoms with E-state index in [1.165, 1.54) is 6.20 Å². The number of halogens is 1. The van der Waals surface area contributed by atoms with Crippen LogP contribution in [0.25, 0.3) is 0 Å². The first-order chi connectivity index (χ1) is 5.27. The highest BCUT2D eigenvalue weighted by Gasteiger charge is 2.05. The van der Waals surface area contributed by atoms with E-state index in [-0.39, 0.29) is 16.7 Å². The molecule has 0 N–H and O–H groups in total. The number of hydrogen-bond donors (Lipinski definition) is 0. The Labute approximate surface area is 66.6 Å². The van der Waals surface area contributed by atoms with Gasteiger partial charge >= 0.3 is 0 Å². The molecule has 1 aromatic rings. The topological polar surface area (TPSA) is 79.0 Å². The molecule has 54 valence electrons. The first-order valence-electron chi connectivity index (χ1n) is 2.54. The minimum Gasteiger partial charge on any atom is -0.239 e. The normalized spacial score (nSPS) is 8.73. The van der Waals surface area contributed by atoms with E-state index in [9.17, 15) is 4.91 Å². The summed E-state index contributed by atoms with van der Waals surface area (Å²) < 4.78 is 0. The predicted molar refractivity (Wildman–Crippen MR) is 37.2 cm³/mol. The van der Waals surface area contributed by atoms with Gasteiger partial charge in [-0.15, -0.1) is 4.91 Å². The summed E-state index contributed by atoms with van der Waals surface area (Å²) in [7, 11) is 0. The Morgan fingerprint density at radius 3 is 3.00 bits per heavy atom. The Hall–Kier alpha value is -1.54. The summed E-state index contributed by atoms with van der Waals surface area (Å²) >= 11 is 5.37. The largest absolute Gasteiger partial charge is 0.239 e. The molecule has 1 aromatic heterocycles. The zero-order valence-electron chi connectivity index (χ0n) is 5.15. The molecule has 11 heavy (non-hydrogen) atoms. The highest BCUT2D eigenvalue weighted by molar-refractivity contribution is 6.29. The van der Waals surface area contributed by atoms with E-state index < -0.39 is 0 Å². The molecule has 0 spiro atoms. The van der Waals surface area contributed by atoms with Crippen LogP contribution < -0.4 is 0 Å². The van der Waals surface area contributed by atoms with Crippen molar-refractivity contribution >= 4 is 17.4 Å². The molecule has 0 atom stereocenters. The number of hydrogen-bond acceptors (Lipinski definition) is 5. The molecule has 0 saturated heterocycles. The van der Waals surface area contributed by atoms with E-state index in [2.05, 4.69) is 15.1 Å². The van der Waals surface area contributed by atoms with Gasteiger partial charge in [-0.05, 0) is 5.18 Å². The number of nitroso groups, excluding NO2 is 1. The van der Waals surface area contributed by atoms with Crippen molar-refractivity contribution in [1.29, 1.82) is 5.26 Å². The van der Waals surface area contributed by atoms with Crippen LogP contribution in [0, 0.1) is 16.2 Å². The Morgan fingerprint density at radius 2 is 2.45 bits per heavy atom. The van der Waals surface area contributed by atoms with Gasteiger partial charge in [-0.25, -0.2) is 9.97 Å². The van der Waals surface area contributed by atoms with Crippen LogP contribution in [-0.4, -0.2) is 9.97 Å². The summed E-state index contributed by atoms with van der Waals surface area (Å²) in [6, 6.07) is 1.65. The third-order valence-electron chi connectivity index (χ3n) is 0.917. The summed E-state index contributed by atoms with van der Waals surface area (Å²) in [5, 5.41) is 10.9. The molecule has 0 radical (unpaired) electrons.